The van der Waals surface area contributed by atoms with E-state index in [2.05, 4.69) is 21.8 Å². The van der Waals surface area contributed by atoms with Crippen LogP contribution < -0.4 is 0 Å². The van der Waals surface area contributed by atoms with Gasteiger partial charge in [0.15, 0.2) is 0 Å². The van der Waals surface area contributed by atoms with E-state index in [1.165, 1.54) is 43.9 Å². The molecule has 2 aromatic rings. The molecule has 1 N–H and O–H groups in total. The number of hydrogen-bond donors (Lipinski definition) is 1. The second-order valence-electron chi connectivity index (χ2n) is 6.45. The van der Waals surface area contributed by atoms with E-state index >= 15 is 0 Å². The first-order valence-corrected chi connectivity index (χ1v) is 8.64. The highest BCUT2D eigenvalue weighted by Gasteiger charge is 2.23. The fourth-order valence-corrected chi connectivity index (χ4v) is 3.54. The zero-order valence-corrected chi connectivity index (χ0v) is 13.4. The molecule has 1 fully saturated rings. The summed E-state index contributed by atoms with van der Waals surface area (Å²) >= 11 is 0. The topological polar surface area (TPSA) is 31.9 Å². The summed E-state index contributed by atoms with van der Waals surface area (Å²) in [6.07, 6.45) is 9.65. The molecule has 22 heavy (non-hydrogen) atoms. The lowest BCUT2D eigenvalue weighted by molar-refractivity contribution is 0.208. The number of aromatic nitrogens is 2. The standard InChI is InChI=1S/C18H26FN3/c1-2-3-4-5-10-22-11-8-14(9-12-22)15-13-20-16-6-7-17(19)21-18(15)16/h6-7,13-14,20H,2-5,8-12H2,1H3. The summed E-state index contributed by atoms with van der Waals surface area (Å²) in [7, 11) is 0. The fraction of sp³-hybridized carbons (Fsp3) is 0.611. The molecule has 4 heteroatoms. The van der Waals surface area contributed by atoms with Crippen molar-refractivity contribution in [3.05, 3.63) is 29.8 Å². The average Bonchev–Trinajstić information content (AvgIpc) is 2.95. The Morgan fingerprint density at radius 3 is 2.82 bits per heavy atom. The summed E-state index contributed by atoms with van der Waals surface area (Å²) in [6, 6.07) is 3.20. The summed E-state index contributed by atoms with van der Waals surface area (Å²) in [5.41, 5.74) is 2.96. The number of unbranched alkanes of at least 4 members (excludes halogenated alkanes) is 3. The highest BCUT2D eigenvalue weighted by Crippen LogP contribution is 2.32. The van der Waals surface area contributed by atoms with Gasteiger partial charge in [-0.05, 0) is 62.5 Å². The molecule has 0 bridgehead atoms. The van der Waals surface area contributed by atoms with E-state index in [-0.39, 0.29) is 5.95 Å². The Balaban J connectivity index is 1.57. The van der Waals surface area contributed by atoms with Gasteiger partial charge >= 0.3 is 0 Å². The van der Waals surface area contributed by atoms with Crippen molar-refractivity contribution in [1.82, 2.24) is 14.9 Å². The predicted molar refractivity (Wildman–Crippen MR) is 88.6 cm³/mol. The van der Waals surface area contributed by atoms with Crippen LogP contribution in [0.2, 0.25) is 0 Å². The van der Waals surface area contributed by atoms with Gasteiger partial charge in [-0.1, -0.05) is 26.2 Å². The number of likely N-dealkylation sites (tertiary alicyclic amines) is 1. The quantitative estimate of drug-likeness (QED) is 0.631. The first-order valence-electron chi connectivity index (χ1n) is 8.64. The van der Waals surface area contributed by atoms with Gasteiger partial charge < -0.3 is 9.88 Å². The number of hydrogen-bond acceptors (Lipinski definition) is 2. The Morgan fingerprint density at radius 2 is 2.05 bits per heavy atom. The van der Waals surface area contributed by atoms with Crippen LogP contribution in [0.25, 0.3) is 11.0 Å². The Morgan fingerprint density at radius 1 is 1.23 bits per heavy atom. The normalized spacial score (nSPS) is 17.4. The second-order valence-corrected chi connectivity index (χ2v) is 6.45. The molecule has 3 heterocycles. The number of rotatable bonds is 6. The number of piperidine rings is 1. The summed E-state index contributed by atoms with van der Waals surface area (Å²) in [4.78, 5) is 9.90. The minimum absolute atomic E-state index is 0.387. The van der Waals surface area contributed by atoms with Crippen molar-refractivity contribution in [2.45, 2.75) is 51.4 Å². The minimum Gasteiger partial charge on any atom is -0.360 e. The number of nitrogens with zero attached hydrogens (tertiary/aromatic N) is 2. The lowest BCUT2D eigenvalue weighted by atomic mass is 9.90. The number of fused-ring (bicyclic) bond motifs is 1. The second kappa shape index (κ2) is 7.23. The first kappa shape index (κ1) is 15.5. The third kappa shape index (κ3) is 3.49. The Bertz CT molecular complexity index is 599. The molecule has 0 saturated carbocycles. The molecule has 0 aliphatic carbocycles. The van der Waals surface area contributed by atoms with Gasteiger partial charge in [0, 0.05) is 6.20 Å². The van der Waals surface area contributed by atoms with Crippen LogP contribution in [0.15, 0.2) is 18.3 Å². The average molecular weight is 303 g/mol. The van der Waals surface area contributed by atoms with Crippen molar-refractivity contribution in [3.63, 3.8) is 0 Å². The van der Waals surface area contributed by atoms with E-state index in [9.17, 15) is 4.39 Å². The summed E-state index contributed by atoms with van der Waals surface area (Å²) in [5, 5.41) is 0. The van der Waals surface area contributed by atoms with Gasteiger partial charge in [0.1, 0.15) is 0 Å². The van der Waals surface area contributed by atoms with Crippen molar-refractivity contribution in [2.24, 2.45) is 0 Å². The molecule has 1 aliphatic rings. The van der Waals surface area contributed by atoms with E-state index in [1.807, 2.05) is 6.20 Å². The van der Waals surface area contributed by atoms with Crippen LogP contribution in [0.3, 0.4) is 0 Å². The third-order valence-corrected chi connectivity index (χ3v) is 4.87. The van der Waals surface area contributed by atoms with Crippen LogP contribution in [0.1, 0.15) is 56.9 Å². The SMILES string of the molecule is CCCCCCN1CCC(c2c[nH]c3ccc(F)nc23)CC1. The molecule has 1 aliphatic heterocycles. The molecule has 2 aromatic heterocycles. The van der Waals surface area contributed by atoms with Gasteiger partial charge in [0.2, 0.25) is 5.95 Å². The predicted octanol–water partition coefficient (Wildman–Crippen LogP) is 4.46. The van der Waals surface area contributed by atoms with E-state index in [1.54, 1.807) is 6.07 Å². The zero-order chi connectivity index (χ0) is 15.4. The molecule has 3 nitrogen and oxygen atoms in total. The third-order valence-electron chi connectivity index (χ3n) is 4.87. The Kier molecular flexibility index (Phi) is 5.08. The monoisotopic (exact) mass is 303 g/mol. The van der Waals surface area contributed by atoms with Crippen molar-refractivity contribution in [3.8, 4) is 0 Å². The fourth-order valence-electron chi connectivity index (χ4n) is 3.54. The number of pyridine rings is 1. The minimum atomic E-state index is -0.387. The van der Waals surface area contributed by atoms with Crippen molar-refractivity contribution < 1.29 is 4.39 Å². The maximum atomic E-state index is 13.4. The largest absolute Gasteiger partial charge is 0.360 e. The molecule has 0 aromatic carbocycles. The summed E-state index contributed by atoms with van der Waals surface area (Å²) in [5.74, 6) is 0.122. The molecule has 0 radical (unpaired) electrons. The van der Waals surface area contributed by atoms with Gasteiger partial charge in [0.25, 0.3) is 0 Å². The summed E-state index contributed by atoms with van der Waals surface area (Å²) in [6.45, 7) is 5.79. The molecule has 0 unspecified atom stereocenters. The maximum absolute atomic E-state index is 13.4. The number of H-pyrrole nitrogens is 1. The molecule has 120 valence electrons. The van der Waals surface area contributed by atoms with Crippen molar-refractivity contribution in [1.29, 1.82) is 0 Å². The van der Waals surface area contributed by atoms with Crippen LogP contribution in [0, 0.1) is 5.95 Å². The molecule has 3 rings (SSSR count). The Hall–Kier alpha value is -1.42. The summed E-state index contributed by atoms with van der Waals surface area (Å²) < 4.78 is 13.4. The van der Waals surface area contributed by atoms with Gasteiger partial charge in [-0.15, -0.1) is 0 Å². The van der Waals surface area contributed by atoms with Crippen molar-refractivity contribution >= 4 is 11.0 Å². The molecular formula is C18H26FN3. The lowest BCUT2D eigenvalue weighted by Gasteiger charge is -2.31. The lowest BCUT2D eigenvalue weighted by Crippen LogP contribution is -2.33. The zero-order valence-electron chi connectivity index (χ0n) is 13.4. The maximum Gasteiger partial charge on any atom is 0.213 e. The van der Waals surface area contributed by atoms with E-state index < -0.39 is 0 Å². The smallest absolute Gasteiger partial charge is 0.213 e. The number of nitrogens with one attached hydrogen (secondary N) is 1. The van der Waals surface area contributed by atoms with Gasteiger partial charge in [-0.25, -0.2) is 4.98 Å². The number of halogens is 1. The molecule has 0 amide bonds. The van der Waals surface area contributed by atoms with Gasteiger partial charge in [-0.3, -0.25) is 0 Å². The number of aromatic amines is 1. The van der Waals surface area contributed by atoms with Gasteiger partial charge in [-0.2, -0.15) is 4.39 Å². The van der Waals surface area contributed by atoms with E-state index in [4.69, 9.17) is 0 Å². The van der Waals surface area contributed by atoms with Crippen LogP contribution in [0.5, 0.6) is 0 Å². The highest BCUT2D eigenvalue weighted by atomic mass is 19.1. The molecular weight excluding hydrogens is 277 g/mol. The Labute approximate surface area is 131 Å². The first-order chi connectivity index (χ1) is 10.8. The molecule has 1 saturated heterocycles. The highest BCUT2D eigenvalue weighted by molar-refractivity contribution is 5.79. The van der Waals surface area contributed by atoms with Crippen LogP contribution in [-0.4, -0.2) is 34.5 Å². The molecule has 0 spiro atoms. The van der Waals surface area contributed by atoms with Crippen LogP contribution in [0.4, 0.5) is 4.39 Å². The van der Waals surface area contributed by atoms with Crippen molar-refractivity contribution in [2.75, 3.05) is 19.6 Å². The van der Waals surface area contributed by atoms with E-state index in [0.29, 0.717) is 5.92 Å². The molecule has 0 atom stereocenters. The van der Waals surface area contributed by atoms with Crippen LogP contribution in [-0.2, 0) is 0 Å². The van der Waals surface area contributed by atoms with Gasteiger partial charge in [0.05, 0.1) is 11.0 Å². The van der Waals surface area contributed by atoms with Crippen LogP contribution >= 0.6 is 0 Å². The van der Waals surface area contributed by atoms with E-state index in [0.717, 1.165) is 37.0 Å².